The molecule has 1 aromatic heterocycles. The van der Waals surface area contributed by atoms with E-state index in [1.54, 1.807) is 6.07 Å². The fourth-order valence-electron chi connectivity index (χ4n) is 3.32. The third-order valence-corrected chi connectivity index (χ3v) is 4.67. The normalized spacial score (nSPS) is 15.0. The Morgan fingerprint density at radius 2 is 1.92 bits per heavy atom. The third-order valence-electron chi connectivity index (χ3n) is 4.67. The number of anilines is 2. The van der Waals surface area contributed by atoms with Crippen molar-refractivity contribution in [1.82, 2.24) is 9.97 Å². The SMILES string of the molecule is CCc1ccccc1NC(=O)c1cc(C)nc(NC2CCCCC2)n1. The Bertz CT molecular complexity index is 738. The average Bonchev–Trinajstić information content (AvgIpc) is 2.62. The molecule has 0 bridgehead atoms. The van der Waals surface area contributed by atoms with Gasteiger partial charge in [-0.1, -0.05) is 44.4 Å². The lowest BCUT2D eigenvalue weighted by molar-refractivity contribution is 0.102. The number of aryl methyl sites for hydroxylation is 2. The second-order valence-electron chi connectivity index (χ2n) is 6.66. The molecule has 1 heterocycles. The number of carbonyl (C=O) groups is 1. The summed E-state index contributed by atoms with van der Waals surface area (Å²) in [5, 5.41) is 6.38. The van der Waals surface area contributed by atoms with Gasteiger partial charge in [0.2, 0.25) is 5.95 Å². The predicted molar refractivity (Wildman–Crippen MR) is 101 cm³/mol. The topological polar surface area (TPSA) is 66.9 Å². The molecule has 2 N–H and O–H groups in total. The molecule has 0 unspecified atom stereocenters. The van der Waals surface area contributed by atoms with Crippen molar-refractivity contribution in [2.24, 2.45) is 0 Å². The van der Waals surface area contributed by atoms with Gasteiger partial charge in [0.15, 0.2) is 0 Å². The molecule has 1 aromatic carbocycles. The molecule has 0 spiro atoms. The van der Waals surface area contributed by atoms with E-state index in [2.05, 4.69) is 27.5 Å². The highest BCUT2D eigenvalue weighted by Crippen LogP contribution is 2.21. The molecule has 1 aliphatic carbocycles. The maximum atomic E-state index is 12.6. The average molecular weight is 338 g/mol. The molecule has 25 heavy (non-hydrogen) atoms. The highest BCUT2D eigenvalue weighted by molar-refractivity contribution is 6.03. The molecule has 5 heteroatoms. The Balaban J connectivity index is 1.75. The molecule has 132 valence electrons. The molecule has 0 radical (unpaired) electrons. The van der Waals surface area contributed by atoms with Crippen LogP contribution in [0.4, 0.5) is 11.6 Å². The summed E-state index contributed by atoms with van der Waals surface area (Å²) in [6, 6.07) is 10.00. The van der Waals surface area contributed by atoms with Gasteiger partial charge >= 0.3 is 0 Å². The zero-order valence-electron chi connectivity index (χ0n) is 15.0. The molecule has 0 saturated heterocycles. The highest BCUT2D eigenvalue weighted by Gasteiger charge is 2.16. The number of hydrogen-bond acceptors (Lipinski definition) is 4. The number of aromatic nitrogens is 2. The number of rotatable bonds is 5. The van der Waals surface area contributed by atoms with Crippen LogP contribution in [0, 0.1) is 6.92 Å². The monoisotopic (exact) mass is 338 g/mol. The minimum atomic E-state index is -0.196. The number of nitrogens with zero attached hydrogens (tertiary/aromatic N) is 2. The molecular weight excluding hydrogens is 312 g/mol. The summed E-state index contributed by atoms with van der Waals surface area (Å²) in [7, 11) is 0. The van der Waals surface area contributed by atoms with Crippen molar-refractivity contribution < 1.29 is 4.79 Å². The zero-order valence-corrected chi connectivity index (χ0v) is 15.0. The Labute approximate surface area is 149 Å². The molecule has 1 saturated carbocycles. The van der Waals surface area contributed by atoms with Crippen LogP contribution in [0.25, 0.3) is 0 Å². The summed E-state index contributed by atoms with van der Waals surface area (Å²) in [6.45, 7) is 3.97. The van der Waals surface area contributed by atoms with E-state index in [0.29, 0.717) is 17.7 Å². The summed E-state index contributed by atoms with van der Waals surface area (Å²) in [5.41, 5.74) is 3.15. The van der Waals surface area contributed by atoms with Gasteiger partial charge in [-0.15, -0.1) is 0 Å². The first-order chi connectivity index (χ1) is 12.2. The summed E-state index contributed by atoms with van der Waals surface area (Å²) < 4.78 is 0. The number of carbonyl (C=O) groups excluding carboxylic acids is 1. The fraction of sp³-hybridized carbons (Fsp3) is 0.450. The van der Waals surface area contributed by atoms with E-state index in [1.807, 2.05) is 31.2 Å². The van der Waals surface area contributed by atoms with Gasteiger partial charge in [0.05, 0.1) is 0 Å². The Kier molecular flexibility index (Phi) is 5.64. The van der Waals surface area contributed by atoms with Crippen molar-refractivity contribution in [3.8, 4) is 0 Å². The standard InChI is InChI=1S/C20H26N4O/c1-3-15-9-7-8-12-17(15)23-19(25)18-13-14(2)21-20(24-18)22-16-10-5-4-6-11-16/h7-9,12-13,16H,3-6,10-11H2,1-2H3,(H,23,25)(H,21,22,24). The smallest absolute Gasteiger partial charge is 0.274 e. The molecule has 5 nitrogen and oxygen atoms in total. The van der Waals surface area contributed by atoms with Gasteiger partial charge in [0, 0.05) is 17.4 Å². The lowest BCUT2D eigenvalue weighted by Gasteiger charge is -2.23. The van der Waals surface area contributed by atoms with E-state index >= 15 is 0 Å². The molecular formula is C20H26N4O. The first kappa shape index (κ1) is 17.4. The van der Waals surface area contributed by atoms with Gasteiger partial charge in [-0.3, -0.25) is 4.79 Å². The lowest BCUT2D eigenvalue weighted by atomic mass is 9.96. The largest absolute Gasteiger partial charge is 0.351 e. The van der Waals surface area contributed by atoms with Crippen LogP contribution >= 0.6 is 0 Å². The molecule has 0 atom stereocenters. The number of hydrogen-bond donors (Lipinski definition) is 2. The number of nitrogens with one attached hydrogen (secondary N) is 2. The second-order valence-corrected chi connectivity index (χ2v) is 6.66. The molecule has 3 rings (SSSR count). The maximum absolute atomic E-state index is 12.6. The summed E-state index contributed by atoms with van der Waals surface area (Å²) in [5.74, 6) is 0.360. The Morgan fingerprint density at radius 3 is 2.68 bits per heavy atom. The highest BCUT2D eigenvalue weighted by atomic mass is 16.1. The van der Waals surface area contributed by atoms with Crippen LogP contribution in [0.5, 0.6) is 0 Å². The van der Waals surface area contributed by atoms with Crippen LogP contribution in [0.3, 0.4) is 0 Å². The maximum Gasteiger partial charge on any atom is 0.274 e. The molecule has 0 aliphatic heterocycles. The third kappa shape index (κ3) is 4.56. The Hall–Kier alpha value is -2.43. The van der Waals surface area contributed by atoms with Gasteiger partial charge < -0.3 is 10.6 Å². The van der Waals surface area contributed by atoms with Crippen LogP contribution < -0.4 is 10.6 Å². The van der Waals surface area contributed by atoms with Crippen molar-refractivity contribution in [3.05, 3.63) is 47.3 Å². The van der Waals surface area contributed by atoms with Gasteiger partial charge in [-0.2, -0.15) is 0 Å². The van der Waals surface area contributed by atoms with E-state index in [4.69, 9.17) is 0 Å². The fourth-order valence-corrected chi connectivity index (χ4v) is 3.32. The van der Waals surface area contributed by atoms with Gasteiger partial charge in [-0.25, -0.2) is 9.97 Å². The van der Waals surface area contributed by atoms with Crippen molar-refractivity contribution in [1.29, 1.82) is 0 Å². The molecule has 1 aliphatic rings. The molecule has 2 aromatic rings. The minimum absolute atomic E-state index is 0.196. The zero-order chi connectivity index (χ0) is 17.6. The summed E-state index contributed by atoms with van der Waals surface area (Å²) >= 11 is 0. The van der Waals surface area contributed by atoms with Crippen LogP contribution in [-0.2, 0) is 6.42 Å². The first-order valence-corrected chi connectivity index (χ1v) is 9.17. The molecule has 1 fully saturated rings. The second kappa shape index (κ2) is 8.10. The quantitative estimate of drug-likeness (QED) is 0.851. The summed E-state index contributed by atoms with van der Waals surface area (Å²) in [4.78, 5) is 21.5. The van der Waals surface area contributed by atoms with Crippen molar-refractivity contribution in [2.75, 3.05) is 10.6 Å². The van der Waals surface area contributed by atoms with E-state index in [9.17, 15) is 4.79 Å². The molecule has 1 amide bonds. The van der Waals surface area contributed by atoms with Crippen LogP contribution in [0.15, 0.2) is 30.3 Å². The van der Waals surface area contributed by atoms with Crippen molar-refractivity contribution in [3.63, 3.8) is 0 Å². The van der Waals surface area contributed by atoms with Crippen molar-refractivity contribution >= 4 is 17.5 Å². The van der Waals surface area contributed by atoms with Crippen LogP contribution in [0.2, 0.25) is 0 Å². The van der Waals surface area contributed by atoms with Gasteiger partial charge in [-0.05, 0) is 43.9 Å². The summed E-state index contributed by atoms with van der Waals surface area (Å²) in [6.07, 6.45) is 6.94. The van der Waals surface area contributed by atoms with Crippen LogP contribution in [0.1, 0.15) is 60.8 Å². The predicted octanol–water partition coefficient (Wildman–Crippen LogP) is 4.34. The van der Waals surface area contributed by atoms with Gasteiger partial charge in [0.1, 0.15) is 5.69 Å². The van der Waals surface area contributed by atoms with E-state index in [0.717, 1.165) is 36.2 Å². The number of amides is 1. The first-order valence-electron chi connectivity index (χ1n) is 9.17. The number of benzene rings is 1. The van der Waals surface area contributed by atoms with E-state index in [-0.39, 0.29) is 5.91 Å². The van der Waals surface area contributed by atoms with Crippen molar-refractivity contribution in [2.45, 2.75) is 58.4 Å². The Morgan fingerprint density at radius 1 is 1.16 bits per heavy atom. The lowest BCUT2D eigenvalue weighted by Crippen LogP contribution is -2.24. The van der Waals surface area contributed by atoms with E-state index in [1.165, 1.54) is 19.3 Å². The van der Waals surface area contributed by atoms with Gasteiger partial charge in [0.25, 0.3) is 5.91 Å². The van der Waals surface area contributed by atoms with E-state index < -0.39 is 0 Å². The minimum Gasteiger partial charge on any atom is -0.351 e. The number of para-hydroxylation sites is 1. The van der Waals surface area contributed by atoms with Crippen LogP contribution in [-0.4, -0.2) is 21.9 Å².